The second-order valence-corrected chi connectivity index (χ2v) is 5.65. The zero-order valence-corrected chi connectivity index (χ0v) is 14.1. The lowest BCUT2D eigenvalue weighted by Crippen LogP contribution is -2.23. The second kappa shape index (κ2) is 7.35. The highest BCUT2D eigenvalue weighted by Crippen LogP contribution is 2.50. The lowest BCUT2D eigenvalue weighted by molar-refractivity contribution is 0.683. The van der Waals surface area contributed by atoms with Gasteiger partial charge in [-0.1, -0.05) is 33.6 Å². The summed E-state index contributed by atoms with van der Waals surface area (Å²) in [7, 11) is 0. The Morgan fingerprint density at radius 1 is 1.30 bits per heavy atom. The predicted octanol–water partition coefficient (Wildman–Crippen LogP) is 3.25. The minimum atomic E-state index is -0.519. The van der Waals surface area contributed by atoms with Crippen LogP contribution in [0.1, 0.15) is 60.1 Å². The molecule has 0 bridgehead atoms. The number of rotatable bonds is 4. The van der Waals surface area contributed by atoms with Gasteiger partial charge in [-0.2, -0.15) is 5.10 Å². The Morgan fingerprint density at radius 2 is 2.04 bits per heavy atom. The van der Waals surface area contributed by atoms with E-state index >= 15 is 0 Å². The molecule has 0 unspecified atom stereocenters. The predicted molar refractivity (Wildman–Crippen MR) is 94.8 cm³/mol. The third kappa shape index (κ3) is 3.75. The first-order valence-corrected chi connectivity index (χ1v) is 8.26. The molecule has 0 aliphatic heterocycles. The SMILES string of the molecule is CC.CCC[C@H]1C[C@@H]1c1cc(-c2c[nH]c(=O)[nH]c2=O)nnc1C.[HH].[HH]. The van der Waals surface area contributed by atoms with E-state index in [1.807, 2.05) is 26.8 Å². The molecule has 128 valence electrons. The van der Waals surface area contributed by atoms with Crippen LogP contribution in [-0.4, -0.2) is 20.2 Å². The Bertz CT molecular complexity index is 789. The fraction of sp³-hybridized carbons (Fsp3) is 0.529. The summed E-state index contributed by atoms with van der Waals surface area (Å²) in [4.78, 5) is 27.6. The monoisotopic (exact) mass is 320 g/mol. The Hall–Kier alpha value is -2.24. The van der Waals surface area contributed by atoms with Crippen LogP contribution >= 0.6 is 0 Å². The van der Waals surface area contributed by atoms with E-state index in [1.54, 1.807) is 0 Å². The molecule has 1 saturated carbocycles. The molecule has 23 heavy (non-hydrogen) atoms. The lowest BCUT2D eigenvalue weighted by Gasteiger charge is -2.06. The number of aryl methyl sites for hydroxylation is 1. The van der Waals surface area contributed by atoms with E-state index in [9.17, 15) is 9.59 Å². The van der Waals surface area contributed by atoms with Gasteiger partial charge in [-0.25, -0.2) is 4.79 Å². The van der Waals surface area contributed by atoms with Crippen LogP contribution < -0.4 is 11.2 Å². The van der Waals surface area contributed by atoms with Gasteiger partial charge in [0.1, 0.15) is 5.69 Å². The topological polar surface area (TPSA) is 91.5 Å². The van der Waals surface area contributed by atoms with Crippen molar-refractivity contribution in [2.75, 3.05) is 0 Å². The van der Waals surface area contributed by atoms with Crippen LogP contribution in [0.2, 0.25) is 0 Å². The van der Waals surface area contributed by atoms with Crippen LogP contribution in [0, 0.1) is 12.8 Å². The van der Waals surface area contributed by atoms with Gasteiger partial charge < -0.3 is 4.98 Å². The molecule has 2 aromatic heterocycles. The van der Waals surface area contributed by atoms with Crippen molar-refractivity contribution in [2.45, 2.75) is 52.9 Å². The van der Waals surface area contributed by atoms with Gasteiger partial charge in [-0.3, -0.25) is 9.78 Å². The Labute approximate surface area is 138 Å². The molecule has 2 aromatic rings. The first-order valence-electron chi connectivity index (χ1n) is 8.26. The van der Waals surface area contributed by atoms with Crippen molar-refractivity contribution in [3.05, 3.63) is 44.4 Å². The van der Waals surface area contributed by atoms with Crippen molar-refractivity contribution < 1.29 is 2.85 Å². The van der Waals surface area contributed by atoms with Crippen LogP contribution in [0.15, 0.2) is 21.9 Å². The van der Waals surface area contributed by atoms with Crippen molar-refractivity contribution >= 4 is 0 Å². The van der Waals surface area contributed by atoms with E-state index in [2.05, 4.69) is 27.1 Å². The molecule has 1 aliphatic rings. The molecule has 1 fully saturated rings. The minimum Gasteiger partial charge on any atom is -0.313 e. The summed E-state index contributed by atoms with van der Waals surface area (Å²) in [6.45, 7) is 8.14. The average Bonchev–Trinajstić information content (AvgIpc) is 3.30. The van der Waals surface area contributed by atoms with Crippen LogP contribution in [0.4, 0.5) is 0 Å². The van der Waals surface area contributed by atoms with Crippen LogP contribution in [0.3, 0.4) is 0 Å². The zero-order chi connectivity index (χ0) is 17.0. The maximum absolute atomic E-state index is 11.8. The van der Waals surface area contributed by atoms with Gasteiger partial charge in [0, 0.05) is 9.05 Å². The van der Waals surface area contributed by atoms with E-state index < -0.39 is 11.2 Å². The number of hydrogen-bond donors (Lipinski definition) is 2. The molecule has 2 N–H and O–H groups in total. The number of nitrogens with one attached hydrogen (secondary N) is 2. The van der Waals surface area contributed by atoms with Gasteiger partial charge in [0.05, 0.1) is 11.3 Å². The van der Waals surface area contributed by atoms with Crippen molar-refractivity contribution in [1.82, 2.24) is 20.2 Å². The first-order chi connectivity index (χ1) is 11.1. The largest absolute Gasteiger partial charge is 0.325 e. The molecule has 6 heteroatoms. The van der Waals surface area contributed by atoms with Crippen molar-refractivity contribution in [2.24, 2.45) is 5.92 Å². The van der Waals surface area contributed by atoms with Crippen LogP contribution in [0.25, 0.3) is 11.3 Å². The van der Waals surface area contributed by atoms with Gasteiger partial charge in [-0.15, -0.1) is 5.10 Å². The third-order valence-electron chi connectivity index (χ3n) is 4.09. The summed E-state index contributed by atoms with van der Waals surface area (Å²) in [6, 6.07) is 1.94. The summed E-state index contributed by atoms with van der Waals surface area (Å²) in [5.41, 5.74) is 1.98. The Balaban J connectivity index is 0.00000139. The van der Waals surface area contributed by atoms with Crippen molar-refractivity contribution in [3.8, 4) is 11.3 Å². The molecule has 0 amide bonds. The molecule has 0 aromatic carbocycles. The van der Waals surface area contributed by atoms with Gasteiger partial charge >= 0.3 is 5.69 Å². The smallest absolute Gasteiger partial charge is 0.313 e. The summed E-state index contributed by atoms with van der Waals surface area (Å²) in [5.74, 6) is 1.25. The van der Waals surface area contributed by atoms with Gasteiger partial charge in [-0.05, 0) is 36.8 Å². The third-order valence-corrected chi connectivity index (χ3v) is 4.09. The standard InChI is InChI=1S/C15H18N4O2.C2H6.2H2/c1-3-4-9-5-11(9)10-6-13(19-18-8(10)2)12-7-16-15(21)17-14(12)20;1-2;;/h6-7,9,11H,3-5H2,1-2H3,(H2,16,17,20,21);1-2H3;2*1H/t9-,11-;;;/m0.../s1. The Kier molecular flexibility index (Phi) is 5.47. The summed E-state index contributed by atoms with van der Waals surface area (Å²) < 4.78 is 0. The average molecular weight is 320 g/mol. The summed E-state index contributed by atoms with van der Waals surface area (Å²) in [6.07, 6.45) is 4.98. The van der Waals surface area contributed by atoms with Crippen LogP contribution in [-0.2, 0) is 0 Å². The molecule has 6 nitrogen and oxygen atoms in total. The van der Waals surface area contributed by atoms with Gasteiger partial charge in [0.25, 0.3) is 5.56 Å². The molecule has 0 saturated heterocycles. The normalized spacial score (nSPS) is 19.0. The summed E-state index contributed by atoms with van der Waals surface area (Å²) >= 11 is 0. The van der Waals surface area contributed by atoms with E-state index in [1.165, 1.54) is 31.0 Å². The van der Waals surface area contributed by atoms with Crippen molar-refractivity contribution in [3.63, 3.8) is 0 Å². The number of hydrogen-bond acceptors (Lipinski definition) is 4. The van der Waals surface area contributed by atoms with E-state index in [4.69, 9.17) is 0 Å². The Morgan fingerprint density at radius 3 is 2.70 bits per heavy atom. The molecular formula is C17H28N4O2. The molecule has 0 spiro atoms. The van der Waals surface area contributed by atoms with E-state index in [0.29, 0.717) is 17.2 Å². The number of aromatic nitrogens is 4. The molecule has 0 radical (unpaired) electrons. The second-order valence-electron chi connectivity index (χ2n) is 5.65. The fourth-order valence-electron chi connectivity index (χ4n) is 2.89. The lowest BCUT2D eigenvalue weighted by atomic mass is 10.0. The zero-order valence-electron chi connectivity index (χ0n) is 14.1. The van der Waals surface area contributed by atoms with Crippen LogP contribution in [0.5, 0.6) is 0 Å². The molecular weight excluding hydrogens is 292 g/mol. The molecule has 2 heterocycles. The van der Waals surface area contributed by atoms with Gasteiger partial charge in [0.2, 0.25) is 0 Å². The van der Waals surface area contributed by atoms with Crippen molar-refractivity contribution in [1.29, 1.82) is 0 Å². The maximum Gasteiger partial charge on any atom is 0.325 e. The van der Waals surface area contributed by atoms with E-state index in [-0.39, 0.29) is 2.85 Å². The molecule has 1 aliphatic carbocycles. The maximum atomic E-state index is 11.8. The highest BCUT2D eigenvalue weighted by atomic mass is 16.2. The fourth-order valence-corrected chi connectivity index (χ4v) is 2.89. The molecule has 3 rings (SSSR count). The summed E-state index contributed by atoms with van der Waals surface area (Å²) in [5, 5.41) is 8.27. The first kappa shape index (κ1) is 17.1. The minimum absolute atomic E-state index is 0. The number of nitrogens with zero attached hydrogens (tertiary/aromatic N) is 2. The van der Waals surface area contributed by atoms with E-state index in [0.717, 1.165) is 11.6 Å². The number of H-pyrrole nitrogens is 2. The highest BCUT2D eigenvalue weighted by molar-refractivity contribution is 5.57. The van der Waals surface area contributed by atoms with Gasteiger partial charge in [0.15, 0.2) is 0 Å². The quantitative estimate of drug-likeness (QED) is 0.904. The number of aromatic amines is 2. The highest BCUT2D eigenvalue weighted by Gasteiger charge is 2.38. The molecule has 2 atom stereocenters.